The average Bonchev–Trinajstić information content (AvgIpc) is 3.21. The van der Waals surface area contributed by atoms with Crippen molar-refractivity contribution in [2.24, 2.45) is 0 Å². The van der Waals surface area contributed by atoms with Crippen molar-refractivity contribution in [1.29, 1.82) is 0 Å². The van der Waals surface area contributed by atoms with E-state index in [9.17, 15) is 4.79 Å². The van der Waals surface area contributed by atoms with Crippen LogP contribution < -0.4 is 10.6 Å². The van der Waals surface area contributed by atoms with Crippen LogP contribution in [0.5, 0.6) is 0 Å². The fraction of sp³-hybridized carbons (Fsp3) is 0.318. The molecule has 0 atom stereocenters. The third-order valence-electron chi connectivity index (χ3n) is 5.11. The number of amides is 2. The molecule has 0 saturated heterocycles. The predicted molar refractivity (Wildman–Crippen MR) is 109 cm³/mol. The summed E-state index contributed by atoms with van der Waals surface area (Å²) in [6, 6.07) is 14.8. The molecule has 0 radical (unpaired) electrons. The first-order valence-corrected chi connectivity index (χ1v) is 9.76. The van der Waals surface area contributed by atoms with E-state index in [0.29, 0.717) is 17.4 Å². The van der Waals surface area contributed by atoms with Crippen LogP contribution in [0.15, 0.2) is 53.1 Å². The molecule has 2 aromatic carbocycles. The fourth-order valence-electron chi connectivity index (χ4n) is 3.50. The van der Waals surface area contributed by atoms with Gasteiger partial charge in [-0.3, -0.25) is 0 Å². The second kappa shape index (κ2) is 8.25. The summed E-state index contributed by atoms with van der Waals surface area (Å²) in [5, 5.41) is 9.77. The van der Waals surface area contributed by atoms with Crippen molar-refractivity contribution in [3.05, 3.63) is 60.0 Å². The number of carbonyl (C=O) groups excluding carboxylic acids is 1. The summed E-state index contributed by atoms with van der Waals surface area (Å²) in [5.41, 5.74) is 3.47. The number of nitrogens with zero attached hydrogens (tertiary/aromatic N) is 2. The van der Waals surface area contributed by atoms with Crippen LogP contribution in [0.25, 0.3) is 11.4 Å². The zero-order chi connectivity index (χ0) is 19.3. The minimum Gasteiger partial charge on any atom is -0.339 e. The highest BCUT2D eigenvalue weighted by Crippen LogP contribution is 2.32. The van der Waals surface area contributed by atoms with Gasteiger partial charge in [-0.2, -0.15) is 4.98 Å². The van der Waals surface area contributed by atoms with Gasteiger partial charge >= 0.3 is 6.03 Å². The van der Waals surface area contributed by atoms with Crippen LogP contribution in [0.2, 0.25) is 0 Å². The molecule has 0 spiro atoms. The van der Waals surface area contributed by atoms with Gasteiger partial charge in [0.05, 0.1) is 0 Å². The molecule has 0 aliphatic heterocycles. The summed E-state index contributed by atoms with van der Waals surface area (Å²) >= 11 is 0. The summed E-state index contributed by atoms with van der Waals surface area (Å²) in [5.74, 6) is 1.73. The minimum absolute atomic E-state index is 0.282. The van der Waals surface area contributed by atoms with E-state index in [4.69, 9.17) is 4.52 Å². The van der Waals surface area contributed by atoms with E-state index < -0.39 is 0 Å². The lowest BCUT2D eigenvalue weighted by molar-refractivity contribution is 0.262. The molecular weight excluding hydrogens is 352 g/mol. The maximum atomic E-state index is 12.1. The van der Waals surface area contributed by atoms with Crippen molar-refractivity contribution in [2.45, 2.75) is 44.9 Å². The molecule has 6 nitrogen and oxygen atoms in total. The zero-order valence-electron chi connectivity index (χ0n) is 15.9. The van der Waals surface area contributed by atoms with Crippen molar-refractivity contribution < 1.29 is 9.32 Å². The molecule has 1 aliphatic carbocycles. The molecule has 0 bridgehead atoms. The van der Waals surface area contributed by atoms with E-state index in [1.54, 1.807) is 0 Å². The smallest absolute Gasteiger partial charge is 0.323 e. The first-order chi connectivity index (χ1) is 13.7. The van der Waals surface area contributed by atoms with Crippen molar-refractivity contribution in [2.75, 3.05) is 10.6 Å². The highest BCUT2D eigenvalue weighted by atomic mass is 16.5. The maximum absolute atomic E-state index is 12.1. The number of urea groups is 1. The third-order valence-corrected chi connectivity index (χ3v) is 5.11. The first-order valence-electron chi connectivity index (χ1n) is 9.76. The summed E-state index contributed by atoms with van der Waals surface area (Å²) in [6.45, 7) is 2.01. The minimum atomic E-state index is -0.282. The van der Waals surface area contributed by atoms with Crippen LogP contribution in [0, 0.1) is 6.92 Å². The van der Waals surface area contributed by atoms with E-state index >= 15 is 0 Å². The van der Waals surface area contributed by atoms with Crippen LogP contribution in [-0.2, 0) is 0 Å². The Kier molecular flexibility index (Phi) is 5.37. The van der Waals surface area contributed by atoms with E-state index in [1.807, 2.05) is 55.5 Å². The number of nitrogens with one attached hydrogen (secondary N) is 2. The molecule has 0 unspecified atom stereocenters. The lowest BCUT2D eigenvalue weighted by atomic mass is 9.89. The summed E-state index contributed by atoms with van der Waals surface area (Å²) in [4.78, 5) is 16.7. The Labute approximate surface area is 164 Å². The highest BCUT2D eigenvalue weighted by Gasteiger charge is 2.21. The van der Waals surface area contributed by atoms with Crippen LogP contribution in [-0.4, -0.2) is 16.2 Å². The van der Waals surface area contributed by atoms with Gasteiger partial charge in [0.2, 0.25) is 11.7 Å². The number of hydrogen-bond donors (Lipinski definition) is 2. The Morgan fingerprint density at radius 1 is 0.929 bits per heavy atom. The Morgan fingerprint density at radius 3 is 2.18 bits per heavy atom. The Hall–Kier alpha value is -3.15. The molecule has 6 heteroatoms. The van der Waals surface area contributed by atoms with E-state index in [2.05, 4.69) is 20.8 Å². The fourth-order valence-corrected chi connectivity index (χ4v) is 3.50. The van der Waals surface area contributed by atoms with Crippen molar-refractivity contribution in [1.82, 2.24) is 10.1 Å². The molecule has 144 valence electrons. The van der Waals surface area contributed by atoms with Crippen molar-refractivity contribution in [3.8, 4) is 11.4 Å². The normalized spacial score (nSPS) is 14.6. The lowest BCUT2D eigenvalue weighted by Crippen LogP contribution is -2.19. The molecule has 4 rings (SSSR count). The summed E-state index contributed by atoms with van der Waals surface area (Å²) in [7, 11) is 0. The van der Waals surface area contributed by atoms with Gasteiger partial charge in [-0.15, -0.1) is 0 Å². The number of aryl methyl sites for hydroxylation is 1. The van der Waals surface area contributed by atoms with Gasteiger partial charge in [0, 0.05) is 22.9 Å². The molecule has 3 aromatic rings. The molecule has 1 heterocycles. The third kappa shape index (κ3) is 4.39. The SMILES string of the molecule is Cc1ccc(NC(=O)Nc2ccc(-c3noc(C4CCCCC4)n3)cc2)cc1. The number of anilines is 2. The maximum Gasteiger partial charge on any atom is 0.323 e. The van der Waals surface area contributed by atoms with Gasteiger partial charge in [-0.1, -0.05) is 42.1 Å². The monoisotopic (exact) mass is 376 g/mol. The predicted octanol–water partition coefficient (Wildman–Crippen LogP) is 5.74. The van der Waals surface area contributed by atoms with Gasteiger partial charge < -0.3 is 15.2 Å². The van der Waals surface area contributed by atoms with Gasteiger partial charge in [-0.25, -0.2) is 4.79 Å². The second-order valence-electron chi connectivity index (χ2n) is 7.31. The number of rotatable bonds is 4. The second-order valence-corrected chi connectivity index (χ2v) is 7.31. The number of aromatic nitrogens is 2. The standard InChI is InChI=1S/C22H24N4O2/c1-15-7-11-18(12-8-15)23-22(27)24-19-13-9-16(10-14-19)20-25-21(28-26-20)17-5-3-2-4-6-17/h7-14,17H,2-6H2,1H3,(H2,23,24,27). The molecular formula is C22H24N4O2. The molecule has 28 heavy (non-hydrogen) atoms. The average molecular weight is 376 g/mol. The first kappa shape index (κ1) is 18.2. The van der Waals surface area contributed by atoms with Crippen molar-refractivity contribution >= 4 is 17.4 Å². The Bertz CT molecular complexity index is 926. The van der Waals surface area contributed by atoms with Crippen LogP contribution >= 0.6 is 0 Å². The van der Waals surface area contributed by atoms with E-state index in [1.165, 1.54) is 19.3 Å². The van der Waals surface area contributed by atoms with E-state index in [-0.39, 0.29) is 6.03 Å². The van der Waals surface area contributed by atoms with Crippen LogP contribution in [0.3, 0.4) is 0 Å². The van der Waals surface area contributed by atoms with Gasteiger partial charge in [-0.05, 0) is 56.2 Å². The van der Waals surface area contributed by atoms with Crippen LogP contribution in [0.4, 0.5) is 16.2 Å². The molecule has 1 aliphatic rings. The Morgan fingerprint density at radius 2 is 1.54 bits per heavy atom. The molecule has 2 N–H and O–H groups in total. The molecule has 1 aromatic heterocycles. The molecule has 1 fully saturated rings. The van der Waals surface area contributed by atoms with Gasteiger partial charge in [0.25, 0.3) is 0 Å². The molecule has 2 amide bonds. The number of benzene rings is 2. The van der Waals surface area contributed by atoms with Gasteiger partial charge in [0.15, 0.2) is 0 Å². The quantitative estimate of drug-likeness (QED) is 0.609. The summed E-state index contributed by atoms with van der Waals surface area (Å²) in [6.07, 6.45) is 6.01. The number of carbonyl (C=O) groups is 1. The lowest BCUT2D eigenvalue weighted by Gasteiger charge is -2.17. The largest absolute Gasteiger partial charge is 0.339 e. The summed E-state index contributed by atoms with van der Waals surface area (Å²) < 4.78 is 5.49. The number of hydrogen-bond acceptors (Lipinski definition) is 4. The van der Waals surface area contributed by atoms with E-state index in [0.717, 1.165) is 35.5 Å². The topological polar surface area (TPSA) is 80.0 Å². The van der Waals surface area contributed by atoms with Crippen LogP contribution in [0.1, 0.15) is 49.5 Å². The van der Waals surface area contributed by atoms with Gasteiger partial charge in [0.1, 0.15) is 0 Å². The zero-order valence-corrected chi connectivity index (χ0v) is 15.9. The Balaban J connectivity index is 1.37. The molecule has 1 saturated carbocycles. The van der Waals surface area contributed by atoms with Crippen molar-refractivity contribution in [3.63, 3.8) is 0 Å². The highest BCUT2D eigenvalue weighted by molar-refractivity contribution is 5.99.